The summed E-state index contributed by atoms with van der Waals surface area (Å²) < 4.78 is 13.1. The van der Waals surface area contributed by atoms with E-state index < -0.39 is 5.83 Å². The van der Waals surface area contributed by atoms with Crippen molar-refractivity contribution < 1.29 is 9.50 Å². The summed E-state index contributed by atoms with van der Waals surface area (Å²) in [7, 11) is 1.70. The fraction of sp³-hybridized carbons (Fsp3) is 0.333. The average molecular weight is 184 g/mol. The van der Waals surface area contributed by atoms with E-state index in [9.17, 15) is 4.39 Å². The minimum Gasteiger partial charge on any atom is -0.394 e. The predicted octanol–water partition coefficient (Wildman–Crippen LogP) is 0.203. The van der Waals surface area contributed by atoms with E-state index in [2.05, 4.69) is 5.32 Å². The first-order valence-corrected chi connectivity index (χ1v) is 4.01. The number of rotatable bonds is 2. The third kappa shape index (κ3) is 1.96. The number of aliphatic hydroxyl groups excluding tert-OH is 1. The van der Waals surface area contributed by atoms with E-state index in [1.54, 1.807) is 19.3 Å². The first-order valence-electron chi connectivity index (χ1n) is 4.01. The molecular formula is C9H13FN2O. The van der Waals surface area contributed by atoms with Crippen LogP contribution in [0.15, 0.2) is 35.3 Å². The highest BCUT2D eigenvalue weighted by molar-refractivity contribution is 5.46. The van der Waals surface area contributed by atoms with Crippen LogP contribution in [0.5, 0.6) is 0 Å². The number of aliphatic hydroxyl groups is 1. The molecule has 0 saturated heterocycles. The fourth-order valence-electron chi connectivity index (χ4n) is 1.24. The lowest BCUT2D eigenvalue weighted by Crippen LogP contribution is -2.26. The molecule has 0 aromatic heterocycles. The van der Waals surface area contributed by atoms with E-state index in [4.69, 9.17) is 10.8 Å². The Balaban J connectivity index is 3.05. The van der Waals surface area contributed by atoms with Gasteiger partial charge in [-0.15, -0.1) is 0 Å². The molecule has 0 heterocycles. The van der Waals surface area contributed by atoms with Crippen molar-refractivity contribution in [1.29, 1.82) is 0 Å². The van der Waals surface area contributed by atoms with Crippen LogP contribution >= 0.6 is 0 Å². The second-order valence-corrected chi connectivity index (χ2v) is 2.76. The third-order valence-corrected chi connectivity index (χ3v) is 1.90. The van der Waals surface area contributed by atoms with Gasteiger partial charge in [0.15, 0.2) is 0 Å². The molecule has 0 saturated carbocycles. The SMILES string of the molecule is CN/C=C1/C(CO)=C(F)C=CC1N. The van der Waals surface area contributed by atoms with Crippen LogP contribution in [0, 0.1) is 0 Å². The molecule has 0 fully saturated rings. The maximum atomic E-state index is 13.1. The highest BCUT2D eigenvalue weighted by atomic mass is 19.1. The molecule has 0 spiro atoms. The van der Waals surface area contributed by atoms with Gasteiger partial charge in [-0.2, -0.15) is 0 Å². The monoisotopic (exact) mass is 184 g/mol. The van der Waals surface area contributed by atoms with Gasteiger partial charge in [0.05, 0.1) is 12.6 Å². The van der Waals surface area contributed by atoms with Gasteiger partial charge in [-0.05, 0) is 11.6 Å². The second kappa shape index (κ2) is 4.20. The largest absolute Gasteiger partial charge is 0.394 e. The van der Waals surface area contributed by atoms with E-state index in [-0.39, 0.29) is 18.2 Å². The number of hydrogen-bond donors (Lipinski definition) is 3. The Morgan fingerprint density at radius 1 is 1.77 bits per heavy atom. The lowest BCUT2D eigenvalue weighted by atomic mass is 9.95. The molecular weight excluding hydrogens is 171 g/mol. The van der Waals surface area contributed by atoms with E-state index in [0.29, 0.717) is 5.57 Å². The quantitative estimate of drug-likeness (QED) is 0.574. The van der Waals surface area contributed by atoms with Crippen molar-refractivity contribution in [3.8, 4) is 0 Å². The van der Waals surface area contributed by atoms with Crippen LogP contribution in [0.2, 0.25) is 0 Å². The number of hydrogen-bond acceptors (Lipinski definition) is 3. The van der Waals surface area contributed by atoms with Crippen LogP contribution in [0.4, 0.5) is 4.39 Å². The maximum absolute atomic E-state index is 13.1. The Hall–Kier alpha value is -1.13. The lowest BCUT2D eigenvalue weighted by molar-refractivity contribution is 0.327. The molecule has 0 aromatic carbocycles. The van der Waals surface area contributed by atoms with Gasteiger partial charge in [0.1, 0.15) is 5.83 Å². The number of allylic oxidation sites excluding steroid dienone is 2. The van der Waals surface area contributed by atoms with Gasteiger partial charge in [0, 0.05) is 18.8 Å². The molecule has 0 aliphatic heterocycles. The van der Waals surface area contributed by atoms with Gasteiger partial charge >= 0.3 is 0 Å². The van der Waals surface area contributed by atoms with Gasteiger partial charge in [-0.3, -0.25) is 0 Å². The first kappa shape index (κ1) is 9.95. The molecule has 1 aliphatic carbocycles. The fourth-order valence-corrected chi connectivity index (χ4v) is 1.24. The number of nitrogens with two attached hydrogens (primary N) is 1. The Bertz CT molecular complexity index is 281. The van der Waals surface area contributed by atoms with Crippen molar-refractivity contribution in [2.75, 3.05) is 13.7 Å². The summed E-state index contributed by atoms with van der Waals surface area (Å²) >= 11 is 0. The minimum absolute atomic E-state index is 0.254. The summed E-state index contributed by atoms with van der Waals surface area (Å²) in [4.78, 5) is 0. The molecule has 1 unspecified atom stereocenters. The van der Waals surface area contributed by atoms with E-state index >= 15 is 0 Å². The molecule has 1 aliphatic rings. The molecule has 0 amide bonds. The molecule has 13 heavy (non-hydrogen) atoms. The molecule has 72 valence electrons. The van der Waals surface area contributed by atoms with Crippen LogP contribution in [-0.4, -0.2) is 24.8 Å². The van der Waals surface area contributed by atoms with Gasteiger partial charge in [0.2, 0.25) is 0 Å². The lowest BCUT2D eigenvalue weighted by Gasteiger charge is -2.18. The van der Waals surface area contributed by atoms with E-state index in [1.807, 2.05) is 0 Å². The normalized spacial score (nSPS) is 25.5. The van der Waals surface area contributed by atoms with Crippen LogP contribution in [0.1, 0.15) is 0 Å². The summed E-state index contributed by atoms with van der Waals surface area (Å²) in [5.41, 5.74) is 6.53. The molecule has 3 nitrogen and oxygen atoms in total. The van der Waals surface area contributed by atoms with Gasteiger partial charge in [-0.1, -0.05) is 6.08 Å². The van der Waals surface area contributed by atoms with Crippen molar-refractivity contribution in [2.45, 2.75) is 6.04 Å². The van der Waals surface area contributed by atoms with Crippen molar-refractivity contribution >= 4 is 0 Å². The summed E-state index contributed by atoms with van der Waals surface area (Å²) in [6.07, 6.45) is 4.43. The highest BCUT2D eigenvalue weighted by Crippen LogP contribution is 2.23. The molecule has 1 atom stereocenters. The van der Waals surface area contributed by atoms with Crippen LogP contribution in [-0.2, 0) is 0 Å². The van der Waals surface area contributed by atoms with Gasteiger partial charge < -0.3 is 16.2 Å². The molecule has 4 heteroatoms. The number of nitrogens with one attached hydrogen (secondary N) is 1. The summed E-state index contributed by atoms with van der Waals surface area (Å²) in [5, 5.41) is 11.7. The Morgan fingerprint density at radius 2 is 2.46 bits per heavy atom. The Labute approximate surface area is 76.4 Å². The maximum Gasteiger partial charge on any atom is 0.128 e. The molecule has 0 radical (unpaired) electrons. The third-order valence-electron chi connectivity index (χ3n) is 1.90. The molecule has 0 aromatic rings. The number of halogens is 1. The molecule has 0 bridgehead atoms. The van der Waals surface area contributed by atoms with Crippen LogP contribution in [0.3, 0.4) is 0 Å². The van der Waals surface area contributed by atoms with Crippen molar-refractivity contribution in [1.82, 2.24) is 5.32 Å². The van der Waals surface area contributed by atoms with E-state index in [1.165, 1.54) is 6.08 Å². The summed E-state index contributed by atoms with van der Waals surface area (Å²) in [5.74, 6) is -0.425. The zero-order valence-corrected chi connectivity index (χ0v) is 7.42. The van der Waals surface area contributed by atoms with Crippen LogP contribution in [0.25, 0.3) is 0 Å². The van der Waals surface area contributed by atoms with Gasteiger partial charge in [0.25, 0.3) is 0 Å². The topological polar surface area (TPSA) is 58.3 Å². The Kier molecular flexibility index (Phi) is 3.22. The zero-order chi connectivity index (χ0) is 9.84. The molecule has 1 rings (SSSR count). The van der Waals surface area contributed by atoms with Crippen molar-refractivity contribution in [2.24, 2.45) is 5.73 Å². The van der Waals surface area contributed by atoms with Crippen LogP contribution < -0.4 is 11.1 Å². The summed E-state index contributed by atoms with van der Waals surface area (Å²) in [6, 6.07) is -0.353. The predicted molar refractivity (Wildman–Crippen MR) is 49.5 cm³/mol. The Morgan fingerprint density at radius 3 is 3.00 bits per heavy atom. The minimum atomic E-state index is -0.425. The average Bonchev–Trinajstić information content (AvgIpc) is 2.12. The van der Waals surface area contributed by atoms with Gasteiger partial charge in [-0.25, -0.2) is 4.39 Å². The van der Waals surface area contributed by atoms with Crippen molar-refractivity contribution in [3.63, 3.8) is 0 Å². The first-order chi connectivity index (χ1) is 6.20. The van der Waals surface area contributed by atoms with Crippen molar-refractivity contribution in [3.05, 3.63) is 35.3 Å². The second-order valence-electron chi connectivity index (χ2n) is 2.76. The zero-order valence-electron chi connectivity index (χ0n) is 7.42. The standard InChI is InChI=1S/C9H13FN2O/c1-12-4-6-7(5-13)8(10)2-3-9(6)11/h2-4,9,12-13H,5,11H2,1H3/b6-4-. The summed E-state index contributed by atoms with van der Waals surface area (Å²) in [6.45, 7) is -0.336. The molecule has 4 N–H and O–H groups in total. The van der Waals surface area contributed by atoms with E-state index in [0.717, 1.165) is 0 Å². The smallest absolute Gasteiger partial charge is 0.128 e. The highest BCUT2D eigenvalue weighted by Gasteiger charge is 2.18.